The second-order valence-electron chi connectivity index (χ2n) is 4.11. The topological polar surface area (TPSA) is 89.7 Å². The van der Waals surface area contributed by atoms with Crippen LogP contribution in [0.1, 0.15) is 15.9 Å². The number of nitrogens with zero attached hydrogens (tertiary/aromatic N) is 1. The Morgan fingerprint density at radius 2 is 1.90 bits per heavy atom. The van der Waals surface area contributed by atoms with Gasteiger partial charge in [-0.05, 0) is 36.8 Å². The molecule has 0 saturated heterocycles. The first kappa shape index (κ1) is 13.5. The predicted octanol–water partition coefficient (Wildman–Crippen LogP) is 3.39. The van der Waals surface area contributed by atoms with Crippen molar-refractivity contribution in [2.75, 3.05) is 0 Å². The monoisotopic (exact) mass is 273 g/mol. The van der Waals surface area contributed by atoms with E-state index in [-0.39, 0.29) is 17.0 Å². The molecule has 0 bridgehead atoms. The average Bonchev–Trinajstić information content (AvgIpc) is 2.41. The number of hydrogen-bond acceptors (Lipinski definition) is 4. The van der Waals surface area contributed by atoms with Crippen LogP contribution in [0, 0.1) is 17.0 Å². The largest absolute Gasteiger partial charge is 0.478 e. The third-order valence-corrected chi connectivity index (χ3v) is 2.70. The van der Waals surface area contributed by atoms with Crippen molar-refractivity contribution in [1.29, 1.82) is 0 Å². The van der Waals surface area contributed by atoms with Crippen LogP contribution in [0.15, 0.2) is 42.5 Å². The normalized spacial score (nSPS) is 10.1. The van der Waals surface area contributed by atoms with Gasteiger partial charge >= 0.3 is 11.7 Å². The highest BCUT2D eigenvalue weighted by Crippen LogP contribution is 2.32. The van der Waals surface area contributed by atoms with Gasteiger partial charge in [0.05, 0.1) is 10.5 Å². The predicted molar refractivity (Wildman–Crippen MR) is 71.3 cm³/mol. The minimum absolute atomic E-state index is 0.115. The molecule has 0 heterocycles. The summed E-state index contributed by atoms with van der Waals surface area (Å²) in [5, 5.41) is 19.8. The molecule has 2 rings (SSSR count). The third-order valence-electron chi connectivity index (χ3n) is 2.70. The number of benzene rings is 2. The fourth-order valence-corrected chi connectivity index (χ4v) is 1.71. The van der Waals surface area contributed by atoms with E-state index in [0.29, 0.717) is 11.3 Å². The number of carboxylic acids is 1. The van der Waals surface area contributed by atoms with Crippen molar-refractivity contribution >= 4 is 11.7 Å². The number of nitro groups is 1. The summed E-state index contributed by atoms with van der Waals surface area (Å²) in [6, 6.07) is 10.3. The van der Waals surface area contributed by atoms with Gasteiger partial charge in [-0.15, -0.1) is 0 Å². The molecular weight excluding hydrogens is 262 g/mol. The fraction of sp³-hybridized carbons (Fsp3) is 0.0714. The molecule has 0 aliphatic heterocycles. The number of nitro benzene ring substituents is 1. The molecule has 0 saturated carbocycles. The van der Waals surface area contributed by atoms with Crippen molar-refractivity contribution in [3.05, 3.63) is 63.7 Å². The summed E-state index contributed by atoms with van der Waals surface area (Å²) < 4.78 is 5.50. The van der Waals surface area contributed by atoms with Gasteiger partial charge in [0.15, 0.2) is 0 Å². The Kier molecular flexibility index (Phi) is 3.65. The molecule has 0 aliphatic rings. The van der Waals surface area contributed by atoms with Gasteiger partial charge in [0.25, 0.3) is 0 Å². The summed E-state index contributed by atoms with van der Waals surface area (Å²) in [6.45, 7) is 1.68. The lowest BCUT2D eigenvalue weighted by Gasteiger charge is -2.09. The maximum atomic E-state index is 10.9. The molecule has 0 aromatic heterocycles. The number of rotatable bonds is 4. The maximum absolute atomic E-state index is 10.9. The fourth-order valence-electron chi connectivity index (χ4n) is 1.71. The number of para-hydroxylation sites is 2. The zero-order chi connectivity index (χ0) is 14.7. The first-order valence-corrected chi connectivity index (χ1v) is 5.74. The number of aryl methyl sites for hydroxylation is 1. The Hall–Kier alpha value is -2.89. The van der Waals surface area contributed by atoms with E-state index in [9.17, 15) is 14.9 Å². The van der Waals surface area contributed by atoms with Gasteiger partial charge in [0, 0.05) is 6.07 Å². The lowest BCUT2D eigenvalue weighted by Crippen LogP contribution is -1.98. The van der Waals surface area contributed by atoms with E-state index in [1.54, 1.807) is 19.1 Å². The van der Waals surface area contributed by atoms with Crippen LogP contribution in [-0.4, -0.2) is 16.0 Å². The molecule has 0 aliphatic carbocycles. The molecule has 20 heavy (non-hydrogen) atoms. The van der Waals surface area contributed by atoms with Crippen LogP contribution in [0.2, 0.25) is 0 Å². The lowest BCUT2D eigenvalue weighted by molar-refractivity contribution is -0.385. The Morgan fingerprint density at radius 3 is 2.50 bits per heavy atom. The minimum atomic E-state index is -1.04. The van der Waals surface area contributed by atoms with E-state index in [2.05, 4.69) is 0 Å². The van der Waals surface area contributed by atoms with Crippen LogP contribution in [0.3, 0.4) is 0 Å². The summed E-state index contributed by atoms with van der Waals surface area (Å²) in [4.78, 5) is 21.2. The van der Waals surface area contributed by atoms with Gasteiger partial charge in [0.1, 0.15) is 5.75 Å². The molecule has 6 nitrogen and oxygen atoms in total. The molecular formula is C14H11NO5. The number of aromatic carboxylic acids is 1. The SMILES string of the molecule is Cc1cc(C(=O)O)ccc1Oc1ccccc1[N+](=O)[O-]. The van der Waals surface area contributed by atoms with Gasteiger partial charge < -0.3 is 9.84 Å². The molecule has 0 spiro atoms. The number of ether oxygens (including phenoxy) is 1. The summed E-state index contributed by atoms with van der Waals surface area (Å²) >= 11 is 0. The molecule has 0 amide bonds. The molecule has 1 N–H and O–H groups in total. The Morgan fingerprint density at radius 1 is 1.20 bits per heavy atom. The van der Waals surface area contributed by atoms with Gasteiger partial charge in [-0.25, -0.2) is 4.79 Å². The number of carboxylic acid groups (broad SMARTS) is 1. The molecule has 0 unspecified atom stereocenters. The highest BCUT2D eigenvalue weighted by molar-refractivity contribution is 5.88. The third kappa shape index (κ3) is 2.74. The zero-order valence-corrected chi connectivity index (χ0v) is 10.6. The minimum Gasteiger partial charge on any atom is -0.478 e. The van der Waals surface area contributed by atoms with E-state index in [1.807, 2.05) is 0 Å². The Bertz CT molecular complexity index is 681. The van der Waals surface area contributed by atoms with Crippen molar-refractivity contribution in [1.82, 2.24) is 0 Å². The molecule has 6 heteroatoms. The molecule has 0 radical (unpaired) electrons. The van der Waals surface area contributed by atoms with Gasteiger partial charge in [-0.3, -0.25) is 10.1 Å². The highest BCUT2D eigenvalue weighted by atomic mass is 16.6. The van der Waals surface area contributed by atoms with Crippen LogP contribution < -0.4 is 4.74 Å². The lowest BCUT2D eigenvalue weighted by atomic mass is 10.1. The number of hydrogen-bond donors (Lipinski definition) is 1. The summed E-state index contributed by atoms with van der Waals surface area (Å²) in [5.74, 6) is -0.543. The van der Waals surface area contributed by atoms with Gasteiger partial charge in [-0.2, -0.15) is 0 Å². The van der Waals surface area contributed by atoms with Gasteiger partial charge in [-0.1, -0.05) is 12.1 Å². The van der Waals surface area contributed by atoms with Crippen LogP contribution in [-0.2, 0) is 0 Å². The smallest absolute Gasteiger partial charge is 0.335 e. The van der Waals surface area contributed by atoms with Crippen molar-refractivity contribution in [3.8, 4) is 11.5 Å². The maximum Gasteiger partial charge on any atom is 0.335 e. The summed E-state index contributed by atoms with van der Waals surface area (Å²) in [7, 11) is 0. The molecule has 2 aromatic carbocycles. The molecule has 0 fully saturated rings. The summed E-state index contributed by atoms with van der Waals surface area (Å²) in [6.07, 6.45) is 0. The Labute approximate surface area is 114 Å². The van der Waals surface area contributed by atoms with Gasteiger partial charge in [0.2, 0.25) is 5.75 Å². The Balaban J connectivity index is 2.36. The van der Waals surface area contributed by atoms with Crippen molar-refractivity contribution in [3.63, 3.8) is 0 Å². The van der Waals surface area contributed by atoms with E-state index in [0.717, 1.165) is 0 Å². The second kappa shape index (κ2) is 5.40. The second-order valence-corrected chi connectivity index (χ2v) is 4.11. The highest BCUT2D eigenvalue weighted by Gasteiger charge is 2.15. The van der Waals surface area contributed by atoms with E-state index in [1.165, 1.54) is 30.3 Å². The van der Waals surface area contributed by atoms with E-state index in [4.69, 9.17) is 9.84 Å². The molecule has 102 valence electrons. The van der Waals surface area contributed by atoms with Crippen molar-refractivity contribution in [2.24, 2.45) is 0 Å². The quantitative estimate of drug-likeness (QED) is 0.681. The average molecular weight is 273 g/mol. The van der Waals surface area contributed by atoms with Crippen molar-refractivity contribution < 1.29 is 19.6 Å². The molecule has 2 aromatic rings. The van der Waals surface area contributed by atoms with E-state index >= 15 is 0 Å². The van der Waals surface area contributed by atoms with Crippen LogP contribution in [0.25, 0.3) is 0 Å². The standard InChI is InChI=1S/C14H11NO5/c1-9-8-10(14(16)17)6-7-12(9)20-13-5-3-2-4-11(13)15(18)19/h2-8H,1H3,(H,16,17). The van der Waals surface area contributed by atoms with Crippen LogP contribution in [0.4, 0.5) is 5.69 Å². The first-order valence-electron chi connectivity index (χ1n) is 5.74. The first-order chi connectivity index (χ1) is 9.49. The number of carbonyl (C=O) groups is 1. The van der Waals surface area contributed by atoms with Crippen LogP contribution in [0.5, 0.6) is 11.5 Å². The van der Waals surface area contributed by atoms with E-state index < -0.39 is 10.9 Å². The van der Waals surface area contributed by atoms with Crippen LogP contribution >= 0.6 is 0 Å². The van der Waals surface area contributed by atoms with Crippen molar-refractivity contribution in [2.45, 2.75) is 6.92 Å². The summed E-state index contributed by atoms with van der Waals surface area (Å²) in [5.41, 5.74) is 0.578. The molecule has 0 atom stereocenters. The zero-order valence-electron chi connectivity index (χ0n) is 10.6.